The van der Waals surface area contributed by atoms with Gasteiger partial charge >= 0.3 is 0 Å². The van der Waals surface area contributed by atoms with Crippen molar-refractivity contribution in [2.45, 2.75) is 33.1 Å². The van der Waals surface area contributed by atoms with E-state index in [2.05, 4.69) is 22.2 Å². The molecule has 1 aromatic rings. The number of aliphatic hydroxyl groups excluding tert-OH is 1. The number of anilines is 1. The molecule has 0 saturated heterocycles. The molecule has 0 aliphatic rings. The van der Waals surface area contributed by atoms with Gasteiger partial charge in [-0.1, -0.05) is 13.3 Å². The fourth-order valence-electron chi connectivity index (χ4n) is 2.06. The van der Waals surface area contributed by atoms with Crippen LogP contribution in [0.3, 0.4) is 0 Å². The Labute approximate surface area is 120 Å². The molecule has 6 heteroatoms. The van der Waals surface area contributed by atoms with Gasteiger partial charge in [0, 0.05) is 26.3 Å². The molecule has 0 saturated carbocycles. The number of aryl methyl sites for hydroxylation is 2. The number of carbonyl (C=O) groups excluding carboxylic acids is 1. The average Bonchev–Trinajstić information content (AvgIpc) is 2.71. The van der Waals surface area contributed by atoms with E-state index in [1.807, 2.05) is 20.0 Å². The summed E-state index contributed by atoms with van der Waals surface area (Å²) in [5.41, 5.74) is 0.880. The summed E-state index contributed by atoms with van der Waals surface area (Å²) < 4.78 is 1.66. The number of aliphatic hydroxyl groups is 1. The summed E-state index contributed by atoms with van der Waals surface area (Å²) in [6.45, 7) is 6.16. The van der Waals surface area contributed by atoms with Gasteiger partial charge in [0.2, 0.25) is 5.91 Å². The Morgan fingerprint density at radius 2 is 2.15 bits per heavy atom. The quantitative estimate of drug-likeness (QED) is 0.713. The average molecular weight is 282 g/mol. The van der Waals surface area contributed by atoms with Crippen molar-refractivity contribution in [2.75, 3.05) is 31.6 Å². The molecule has 1 rings (SSSR count). The largest absolute Gasteiger partial charge is 0.396 e. The van der Waals surface area contributed by atoms with Crippen molar-refractivity contribution in [3.63, 3.8) is 0 Å². The minimum Gasteiger partial charge on any atom is -0.396 e. The van der Waals surface area contributed by atoms with Gasteiger partial charge in [-0.3, -0.25) is 14.4 Å². The highest BCUT2D eigenvalue weighted by Gasteiger charge is 2.12. The second-order valence-corrected chi connectivity index (χ2v) is 5.05. The number of nitrogens with one attached hydrogen (secondary N) is 1. The highest BCUT2D eigenvalue weighted by atomic mass is 16.3. The first-order valence-corrected chi connectivity index (χ1v) is 7.20. The number of hydrogen-bond donors (Lipinski definition) is 2. The van der Waals surface area contributed by atoms with Crippen LogP contribution in [0.2, 0.25) is 0 Å². The van der Waals surface area contributed by atoms with Crippen LogP contribution in [0.15, 0.2) is 6.07 Å². The zero-order valence-corrected chi connectivity index (χ0v) is 12.7. The molecule has 0 bridgehead atoms. The van der Waals surface area contributed by atoms with Crippen molar-refractivity contribution in [1.29, 1.82) is 0 Å². The van der Waals surface area contributed by atoms with Gasteiger partial charge in [0.15, 0.2) is 0 Å². The first-order valence-electron chi connectivity index (χ1n) is 7.20. The minimum atomic E-state index is -0.0398. The van der Waals surface area contributed by atoms with Gasteiger partial charge in [0.1, 0.15) is 5.82 Å². The smallest absolute Gasteiger partial charge is 0.239 e. The number of rotatable bonds is 9. The molecule has 0 radical (unpaired) electrons. The normalized spacial score (nSPS) is 11.1. The predicted molar refractivity (Wildman–Crippen MR) is 79.6 cm³/mol. The Morgan fingerprint density at radius 1 is 1.45 bits per heavy atom. The molecular weight excluding hydrogens is 256 g/mol. The standard InChI is InChI=1S/C14H26N4O2/c1-4-5-7-18(8-6-9-19)11-14(20)15-13-10-12(2)16-17(13)3/h10,19H,4-9,11H2,1-3H3,(H,15,20). The van der Waals surface area contributed by atoms with Crippen molar-refractivity contribution < 1.29 is 9.90 Å². The van der Waals surface area contributed by atoms with E-state index in [0.29, 0.717) is 18.8 Å². The van der Waals surface area contributed by atoms with Crippen LogP contribution in [-0.4, -0.2) is 51.9 Å². The molecule has 2 N–H and O–H groups in total. The summed E-state index contributed by atoms with van der Waals surface area (Å²) >= 11 is 0. The Balaban J connectivity index is 2.49. The number of aromatic nitrogens is 2. The van der Waals surface area contributed by atoms with Crippen molar-refractivity contribution in [3.05, 3.63) is 11.8 Å². The highest BCUT2D eigenvalue weighted by molar-refractivity contribution is 5.91. The van der Waals surface area contributed by atoms with E-state index in [9.17, 15) is 4.79 Å². The van der Waals surface area contributed by atoms with Crippen molar-refractivity contribution in [3.8, 4) is 0 Å². The topological polar surface area (TPSA) is 70.4 Å². The van der Waals surface area contributed by atoms with Gasteiger partial charge in [0.25, 0.3) is 0 Å². The second kappa shape index (κ2) is 8.71. The van der Waals surface area contributed by atoms with Gasteiger partial charge in [0.05, 0.1) is 12.2 Å². The third-order valence-corrected chi connectivity index (χ3v) is 3.10. The number of unbranched alkanes of at least 4 members (excludes halogenated alkanes) is 1. The highest BCUT2D eigenvalue weighted by Crippen LogP contribution is 2.08. The lowest BCUT2D eigenvalue weighted by Crippen LogP contribution is -2.35. The Kier molecular flexibility index (Phi) is 7.25. The summed E-state index contributed by atoms with van der Waals surface area (Å²) in [5, 5.41) is 16.0. The zero-order valence-electron chi connectivity index (χ0n) is 12.7. The lowest BCUT2D eigenvalue weighted by Gasteiger charge is -2.21. The maximum absolute atomic E-state index is 12.1. The third-order valence-electron chi connectivity index (χ3n) is 3.10. The first-order chi connectivity index (χ1) is 9.56. The van der Waals surface area contributed by atoms with E-state index in [1.165, 1.54) is 0 Å². The molecule has 6 nitrogen and oxygen atoms in total. The van der Waals surface area contributed by atoms with Crippen LogP contribution >= 0.6 is 0 Å². The maximum atomic E-state index is 12.1. The number of carbonyl (C=O) groups is 1. The van der Waals surface area contributed by atoms with Crippen LogP contribution in [0.4, 0.5) is 5.82 Å². The number of amides is 1. The van der Waals surface area contributed by atoms with Crippen molar-refractivity contribution in [1.82, 2.24) is 14.7 Å². The Morgan fingerprint density at radius 3 is 2.70 bits per heavy atom. The molecule has 0 spiro atoms. The van der Waals surface area contributed by atoms with Crippen LogP contribution in [0.25, 0.3) is 0 Å². The summed E-state index contributed by atoms with van der Waals surface area (Å²) in [4.78, 5) is 14.1. The van der Waals surface area contributed by atoms with Gasteiger partial charge in [-0.05, 0) is 26.3 Å². The van der Waals surface area contributed by atoms with Gasteiger partial charge in [-0.25, -0.2) is 0 Å². The summed E-state index contributed by atoms with van der Waals surface area (Å²) in [7, 11) is 1.81. The van der Waals surface area contributed by atoms with E-state index in [-0.39, 0.29) is 12.5 Å². The zero-order chi connectivity index (χ0) is 15.0. The molecule has 0 atom stereocenters. The molecule has 1 heterocycles. The SMILES string of the molecule is CCCCN(CCCO)CC(=O)Nc1cc(C)nn1C. The van der Waals surface area contributed by atoms with Crippen molar-refractivity contribution >= 4 is 11.7 Å². The maximum Gasteiger partial charge on any atom is 0.239 e. The monoisotopic (exact) mass is 282 g/mol. The van der Waals surface area contributed by atoms with Crippen LogP contribution in [0.1, 0.15) is 31.9 Å². The molecule has 1 aromatic heterocycles. The summed E-state index contributed by atoms with van der Waals surface area (Å²) in [6, 6.07) is 1.85. The fraction of sp³-hybridized carbons (Fsp3) is 0.714. The molecular formula is C14H26N4O2. The molecule has 1 amide bonds. The van der Waals surface area contributed by atoms with E-state index in [4.69, 9.17) is 5.11 Å². The van der Waals surface area contributed by atoms with Gasteiger partial charge in [-0.2, -0.15) is 5.10 Å². The van der Waals surface area contributed by atoms with E-state index in [0.717, 1.165) is 31.6 Å². The third kappa shape index (κ3) is 5.71. The van der Waals surface area contributed by atoms with Crippen molar-refractivity contribution in [2.24, 2.45) is 7.05 Å². The van der Waals surface area contributed by atoms with Gasteiger partial charge in [-0.15, -0.1) is 0 Å². The second-order valence-electron chi connectivity index (χ2n) is 5.05. The first kappa shape index (κ1) is 16.7. The Bertz CT molecular complexity index is 409. The predicted octanol–water partition coefficient (Wildman–Crippen LogP) is 1.15. The molecule has 0 fully saturated rings. The van der Waals surface area contributed by atoms with E-state index < -0.39 is 0 Å². The molecule has 0 aromatic carbocycles. The number of hydrogen-bond acceptors (Lipinski definition) is 4. The van der Waals surface area contributed by atoms with Gasteiger partial charge < -0.3 is 10.4 Å². The van der Waals surface area contributed by atoms with Crippen LogP contribution in [-0.2, 0) is 11.8 Å². The number of nitrogens with zero attached hydrogens (tertiary/aromatic N) is 3. The van der Waals surface area contributed by atoms with Crippen LogP contribution < -0.4 is 5.32 Å². The summed E-state index contributed by atoms with van der Waals surface area (Å²) in [5.74, 6) is 0.673. The van der Waals surface area contributed by atoms with E-state index >= 15 is 0 Å². The fourth-order valence-corrected chi connectivity index (χ4v) is 2.06. The summed E-state index contributed by atoms with van der Waals surface area (Å²) in [6.07, 6.45) is 2.85. The molecule has 114 valence electrons. The van der Waals surface area contributed by atoms with Crippen LogP contribution in [0.5, 0.6) is 0 Å². The Hall–Kier alpha value is -1.40. The van der Waals surface area contributed by atoms with Crippen LogP contribution in [0, 0.1) is 6.92 Å². The molecule has 0 aliphatic heterocycles. The molecule has 0 unspecified atom stereocenters. The minimum absolute atomic E-state index is 0.0398. The van der Waals surface area contributed by atoms with E-state index in [1.54, 1.807) is 4.68 Å². The molecule has 20 heavy (non-hydrogen) atoms. The lowest BCUT2D eigenvalue weighted by molar-refractivity contribution is -0.117. The lowest BCUT2D eigenvalue weighted by atomic mass is 10.3. The molecule has 0 aliphatic carbocycles.